The van der Waals surface area contributed by atoms with Crippen molar-refractivity contribution in [3.8, 4) is 11.1 Å². The standard InChI is InChI=1S/C21H22N2O3/c1-14(2)12-18-20(25)23(21(26)22-18)13-19(24)17-10-8-16(9-11-17)15-6-4-3-5-7-15/h3-11,14,18H,12-13H2,1-2H3,(H,22,26)/t18-/m0/s1. The maximum absolute atomic E-state index is 12.5. The fourth-order valence-corrected chi connectivity index (χ4v) is 3.07. The molecule has 1 fully saturated rings. The number of imide groups is 1. The third-order valence-corrected chi connectivity index (χ3v) is 4.43. The van der Waals surface area contributed by atoms with Gasteiger partial charge in [0, 0.05) is 5.56 Å². The van der Waals surface area contributed by atoms with Crippen LogP contribution in [0.5, 0.6) is 0 Å². The highest BCUT2D eigenvalue weighted by atomic mass is 16.2. The van der Waals surface area contributed by atoms with E-state index in [9.17, 15) is 14.4 Å². The van der Waals surface area contributed by atoms with E-state index in [0.717, 1.165) is 16.0 Å². The molecule has 3 rings (SSSR count). The number of amides is 3. The molecule has 0 aromatic heterocycles. The Morgan fingerprint density at radius 1 is 1.00 bits per heavy atom. The molecule has 1 aliphatic rings. The van der Waals surface area contributed by atoms with Crippen LogP contribution in [0.2, 0.25) is 0 Å². The zero-order chi connectivity index (χ0) is 18.7. The maximum Gasteiger partial charge on any atom is 0.325 e. The number of hydrogen-bond acceptors (Lipinski definition) is 3. The zero-order valence-electron chi connectivity index (χ0n) is 14.9. The van der Waals surface area contributed by atoms with E-state index >= 15 is 0 Å². The Balaban J connectivity index is 1.68. The number of Topliss-reactive ketones (excluding diaryl/α,β-unsaturated/α-hetero) is 1. The number of nitrogens with zero attached hydrogens (tertiary/aromatic N) is 1. The lowest BCUT2D eigenvalue weighted by atomic mass is 10.0. The Kier molecular flexibility index (Phi) is 5.16. The summed E-state index contributed by atoms with van der Waals surface area (Å²) in [7, 11) is 0. The number of rotatable bonds is 6. The van der Waals surface area contributed by atoms with E-state index < -0.39 is 12.1 Å². The lowest BCUT2D eigenvalue weighted by Crippen LogP contribution is -2.36. The number of urea groups is 1. The molecule has 0 unspecified atom stereocenters. The van der Waals surface area contributed by atoms with Crippen LogP contribution < -0.4 is 5.32 Å². The highest BCUT2D eigenvalue weighted by molar-refractivity contribution is 6.09. The number of hydrogen-bond donors (Lipinski definition) is 1. The fraction of sp³-hybridized carbons (Fsp3) is 0.286. The largest absolute Gasteiger partial charge is 0.326 e. The lowest BCUT2D eigenvalue weighted by molar-refractivity contribution is -0.127. The van der Waals surface area contributed by atoms with E-state index in [1.54, 1.807) is 12.1 Å². The van der Waals surface area contributed by atoms with Crippen molar-refractivity contribution in [3.05, 3.63) is 60.2 Å². The molecular weight excluding hydrogens is 328 g/mol. The van der Waals surface area contributed by atoms with Gasteiger partial charge in [0.15, 0.2) is 5.78 Å². The minimum Gasteiger partial charge on any atom is -0.326 e. The van der Waals surface area contributed by atoms with Crippen molar-refractivity contribution in [1.82, 2.24) is 10.2 Å². The van der Waals surface area contributed by atoms with Gasteiger partial charge in [-0.15, -0.1) is 0 Å². The van der Waals surface area contributed by atoms with Crippen LogP contribution >= 0.6 is 0 Å². The summed E-state index contributed by atoms with van der Waals surface area (Å²) >= 11 is 0. The number of ketones is 1. The Morgan fingerprint density at radius 3 is 2.23 bits per heavy atom. The smallest absolute Gasteiger partial charge is 0.325 e. The van der Waals surface area contributed by atoms with Crippen LogP contribution in [0.4, 0.5) is 4.79 Å². The average Bonchev–Trinajstić information content (AvgIpc) is 2.89. The van der Waals surface area contributed by atoms with Crippen molar-refractivity contribution >= 4 is 17.7 Å². The van der Waals surface area contributed by atoms with E-state index in [1.807, 2.05) is 56.3 Å². The van der Waals surface area contributed by atoms with Gasteiger partial charge in [0.25, 0.3) is 5.91 Å². The van der Waals surface area contributed by atoms with Gasteiger partial charge in [-0.2, -0.15) is 0 Å². The van der Waals surface area contributed by atoms with Gasteiger partial charge in [0.1, 0.15) is 6.04 Å². The van der Waals surface area contributed by atoms with Crippen molar-refractivity contribution in [2.24, 2.45) is 5.92 Å². The zero-order valence-corrected chi connectivity index (χ0v) is 14.9. The molecule has 5 heteroatoms. The third-order valence-electron chi connectivity index (χ3n) is 4.43. The van der Waals surface area contributed by atoms with Crippen LogP contribution in [0, 0.1) is 5.92 Å². The molecule has 2 aromatic rings. The molecule has 0 spiro atoms. The van der Waals surface area contributed by atoms with Gasteiger partial charge in [-0.25, -0.2) is 4.79 Å². The second-order valence-corrected chi connectivity index (χ2v) is 6.92. The molecule has 0 bridgehead atoms. The fourth-order valence-electron chi connectivity index (χ4n) is 3.07. The first-order valence-corrected chi connectivity index (χ1v) is 8.76. The van der Waals surface area contributed by atoms with Crippen LogP contribution in [-0.2, 0) is 4.79 Å². The first kappa shape index (κ1) is 17.9. The van der Waals surface area contributed by atoms with Gasteiger partial charge in [-0.3, -0.25) is 14.5 Å². The number of carbonyl (C=O) groups is 3. The van der Waals surface area contributed by atoms with Crippen molar-refractivity contribution in [2.75, 3.05) is 6.54 Å². The molecule has 2 aromatic carbocycles. The predicted octanol–water partition coefficient (Wildman–Crippen LogP) is 3.50. The van der Waals surface area contributed by atoms with E-state index in [-0.39, 0.29) is 24.2 Å². The minimum absolute atomic E-state index is 0.232. The van der Waals surface area contributed by atoms with Crippen molar-refractivity contribution in [3.63, 3.8) is 0 Å². The Labute approximate surface area is 153 Å². The van der Waals surface area contributed by atoms with Crippen LogP contribution in [0.15, 0.2) is 54.6 Å². The van der Waals surface area contributed by atoms with E-state index in [4.69, 9.17) is 0 Å². The maximum atomic E-state index is 12.5. The number of nitrogens with one attached hydrogen (secondary N) is 1. The molecule has 0 radical (unpaired) electrons. The van der Waals surface area contributed by atoms with Gasteiger partial charge < -0.3 is 5.32 Å². The van der Waals surface area contributed by atoms with Gasteiger partial charge in [-0.05, 0) is 23.5 Å². The van der Waals surface area contributed by atoms with Gasteiger partial charge >= 0.3 is 6.03 Å². The van der Waals surface area contributed by atoms with Crippen molar-refractivity contribution in [2.45, 2.75) is 26.3 Å². The highest BCUT2D eigenvalue weighted by Crippen LogP contribution is 2.20. The Bertz CT molecular complexity index is 813. The summed E-state index contributed by atoms with van der Waals surface area (Å²) in [4.78, 5) is 37.9. The Hall–Kier alpha value is -2.95. The molecule has 0 saturated carbocycles. The van der Waals surface area contributed by atoms with Gasteiger partial charge in [0.2, 0.25) is 0 Å². The van der Waals surface area contributed by atoms with Crippen LogP contribution in [-0.4, -0.2) is 35.2 Å². The first-order chi connectivity index (χ1) is 12.5. The second kappa shape index (κ2) is 7.52. The number of benzene rings is 2. The monoisotopic (exact) mass is 350 g/mol. The molecule has 1 heterocycles. The lowest BCUT2D eigenvalue weighted by Gasteiger charge is -2.13. The van der Waals surface area contributed by atoms with Gasteiger partial charge in [-0.1, -0.05) is 68.4 Å². The van der Waals surface area contributed by atoms with Crippen LogP contribution in [0.3, 0.4) is 0 Å². The molecule has 0 aliphatic carbocycles. The molecule has 1 saturated heterocycles. The summed E-state index contributed by atoms with van der Waals surface area (Å²) in [5.74, 6) is -0.290. The van der Waals surface area contributed by atoms with E-state index in [0.29, 0.717) is 12.0 Å². The van der Waals surface area contributed by atoms with Gasteiger partial charge in [0.05, 0.1) is 6.54 Å². The first-order valence-electron chi connectivity index (χ1n) is 8.76. The average molecular weight is 350 g/mol. The summed E-state index contributed by atoms with van der Waals surface area (Å²) in [5.41, 5.74) is 2.56. The summed E-state index contributed by atoms with van der Waals surface area (Å²) < 4.78 is 0. The second-order valence-electron chi connectivity index (χ2n) is 6.92. The molecule has 3 amide bonds. The summed E-state index contributed by atoms with van der Waals surface area (Å²) in [5, 5.41) is 2.66. The van der Waals surface area contributed by atoms with E-state index in [2.05, 4.69) is 5.32 Å². The highest BCUT2D eigenvalue weighted by Gasteiger charge is 2.39. The molecule has 1 atom stereocenters. The molecule has 1 aliphatic heterocycles. The molecule has 5 nitrogen and oxygen atoms in total. The summed E-state index contributed by atoms with van der Waals surface area (Å²) in [6, 6.07) is 16.0. The summed E-state index contributed by atoms with van der Waals surface area (Å²) in [6.07, 6.45) is 0.570. The van der Waals surface area contributed by atoms with Crippen molar-refractivity contribution < 1.29 is 14.4 Å². The SMILES string of the molecule is CC(C)C[C@@H]1NC(=O)N(CC(=O)c2ccc(-c3ccccc3)cc2)C1=O. The minimum atomic E-state index is -0.532. The van der Waals surface area contributed by atoms with E-state index in [1.165, 1.54) is 0 Å². The van der Waals surface area contributed by atoms with Crippen LogP contribution in [0.1, 0.15) is 30.6 Å². The quantitative estimate of drug-likeness (QED) is 0.640. The molecule has 26 heavy (non-hydrogen) atoms. The Morgan fingerprint density at radius 2 is 1.62 bits per heavy atom. The molecular formula is C21H22N2O3. The van der Waals surface area contributed by atoms with Crippen molar-refractivity contribution in [1.29, 1.82) is 0 Å². The summed E-state index contributed by atoms with van der Waals surface area (Å²) in [6.45, 7) is 3.74. The topological polar surface area (TPSA) is 66.5 Å². The predicted molar refractivity (Wildman–Crippen MR) is 99.7 cm³/mol. The number of carbonyl (C=O) groups excluding carboxylic acids is 3. The normalized spacial score (nSPS) is 16.9. The molecule has 134 valence electrons. The third kappa shape index (κ3) is 3.82. The van der Waals surface area contributed by atoms with Crippen LogP contribution in [0.25, 0.3) is 11.1 Å². The molecule has 1 N–H and O–H groups in total.